The topological polar surface area (TPSA) is 29.1 Å². The lowest BCUT2D eigenvalue weighted by atomic mass is 10.2. The molecule has 1 fully saturated rings. The summed E-state index contributed by atoms with van der Waals surface area (Å²) in [4.78, 5) is 10.1. The fourth-order valence-electron chi connectivity index (χ4n) is 2.14. The van der Waals surface area contributed by atoms with Crippen molar-refractivity contribution in [2.45, 2.75) is 88.6 Å². The van der Waals surface area contributed by atoms with Gasteiger partial charge in [-0.2, -0.15) is 0 Å². The van der Waals surface area contributed by atoms with Crippen LogP contribution in [0.4, 0.5) is 0 Å². The Balaban J connectivity index is 0.000000443. The highest BCUT2D eigenvalue weighted by atomic mass is 27.1. The lowest BCUT2D eigenvalue weighted by molar-refractivity contribution is -0.119. The quantitative estimate of drug-likeness (QED) is 0.461. The minimum absolute atomic E-state index is 0.204. The van der Waals surface area contributed by atoms with Crippen molar-refractivity contribution in [2.24, 2.45) is 0 Å². The van der Waals surface area contributed by atoms with Gasteiger partial charge in [-0.15, -0.1) is 10.6 Å². The van der Waals surface area contributed by atoms with E-state index in [-0.39, 0.29) is 5.91 Å². The normalized spacial score (nSPS) is 13.7. The SMILES string of the molecule is CCCCC[CH2][Al][CH2]CCCCC.O=C1CCCN1. The van der Waals surface area contributed by atoms with E-state index in [1.807, 2.05) is 0 Å². The molecule has 1 radical (unpaired) electrons. The van der Waals surface area contributed by atoms with Gasteiger partial charge in [-0.25, -0.2) is 0 Å². The first kappa shape index (κ1) is 19.0. The Hall–Kier alpha value is 0.00247. The number of nitrogens with one attached hydrogen (secondary N) is 1. The molecule has 1 saturated heterocycles. The molecule has 111 valence electrons. The first-order valence-electron chi connectivity index (χ1n) is 8.39. The first-order chi connectivity index (χ1) is 9.31. The predicted molar refractivity (Wildman–Crippen MR) is 85.9 cm³/mol. The summed E-state index contributed by atoms with van der Waals surface area (Å²) in [7, 11) is 0. The summed E-state index contributed by atoms with van der Waals surface area (Å²) in [5.41, 5.74) is 0. The van der Waals surface area contributed by atoms with Crippen LogP contribution in [0.2, 0.25) is 10.6 Å². The van der Waals surface area contributed by atoms with Crippen LogP contribution in [0.3, 0.4) is 0 Å². The van der Waals surface area contributed by atoms with E-state index in [4.69, 9.17) is 0 Å². The van der Waals surface area contributed by atoms with Crippen LogP contribution < -0.4 is 5.32 Å². The molecular weight excluding hydrogens is 249 g/mol. The van der Waals surface area contributed by atoms with E-state index in [2.05, 4.69) is 19.2 Å². The highest BCUT2D eigenvalue weighted by Crippen LogP contribution is 2.07. The minimum atomic E-state index is 0.204. The Labute approximate surface area is 126 Å². The van der Waals surface area contributed by atoms with Gasteiger partial charge in [0.2, 0.25) is 5.91 Å². The van der Waals surface area contributed by atoms with Crippen LogP contribution in [-0.4, -0.2) is 27.7 Å². The summed E-state index contributed by atoms with van der Waals surface area (Å²) in [6.45, 7) is 5.47. The van der Waals surface area contributed by atoms with Gasteiger partial charge >= 0.3 is 0 Å². The maximum atomic E-state index is 10.1. The minimum Gasteiger partial charge on any atom is -0.356 e. The summed E-state index contributed by atoms with van der Waals surface area (Å²) in [5, 5.41) is 5.80. The van der Waals surface area contributed by atoms with Crippen molar-refractivity contribution in [1.29, 1.82) is 0 Å². The van der Waals surface area contributed by atoms with Crippen molar-refractivity contribution in [3.05, 3.63) is 0 Å². The van der Waals surface area contributed by atoms with Crippen molar-refractivity contribution in [3.63, 3.8) is 0 Å². The number of unbranched alkanes of at least 4 members (excludes halogenated alkanes) is 6. The van der Waals surface area contributed by atoms with Gasteiger partial charge in [0, 0.05) is 13.0 Å². The molecule has 1 aliphatic heterocycles. The third kappa shape index (κ3) is 15.9. The molecule has 2 nitrogen and oxygen atoms in total. The van der Waals surface area contributed by atoms with Crippen molar-refractivity contribution < 1.29 is 4.79 Å². The van der Waals surface area contributed by atoms with Gasteiger partial charge in [0.05, 0.1) is 0 Å². The Morgan fingerprint density at radius 1 is 0.947 bits per heavy atom. The summed E-state index contributed by atoms with van der Waals surface area (Å²) >= 11 is 0.805. The number of hydrogen-bond donors (Lipinski definition) is 1. The summed E-state index contributed by atoms with van der Waals surface area (Å²) in [5.74, 6) is 0.204. The van der Waals surface area contributed by atoms with Crippen LogP contribution in [0.1, 0.15) is 78.1 Å². The average Bonchev–Trinajstić information content (AvgIpc) is 2.89. The monoisotopic (exact) mass is 282 g/mol. The van der Waals surface area contributed by atoms with Crippen molar-refractivity contribution in [1.82, 2.24) is 5.32 Å². The third-order valence-electron chi connectivity index (χ3n) is 3.43. The number of hydrogen-bond acceptors (Lipinski definition) is 1. The molecule has 0 atom stereocenters. The maximum absolute atomic E-state index is 10.1. The molecule has 1 heterocycles. The van der Waals surface area contributed by atoms with Crippen LogP contribution >= 0.6 is 0 Å². The third-order valence-corrected chi connectivity index (χ3v) is 5.06. The lowest BCUT2D eigenvalue weighted by Crippen LogP contribution is -2.12. The fourth-order valence-corrected chi connectivity index (χ4v) is 3.58. The molecule has 3 heteroatoms. The zero-order chi connectivity index (χ0) is 14.2. The van der Waals surface area contributed by atoms with Gasteiger partial charge in [-0.05, 0) is 6.42 Å². The maximum Gasteiger partial charge on any atom is 0.220 e. The number of carbonyl (C=O) groups excluding carboxylic acids is 1. The van der Waals surface area contributed by atoms with Gasteiger partial charge in [-0.1, -0.05) is 65.2 Å². The Morgan fingerprint density at radius 3 is 1.84 bits per heavy atom. The highest BCUT2D eigenvalue weighted by Gasteiger charge is 2.05. The van der Waals surface area contributed by atoms with Crippen LogP contribution in [-0.2, 0) is 4.79 Å². The van der Waals surface area contributed by atoms with E-state index in [1.54, 1.807) is 10.6 Å². The Kier molecular flexibility index (Phi) is 16.1. The lowest BCUT2D eigenvalue weighted by Gasteiger charge is -1.99. The molecule has 0 spiro atoms. The highest BCUT2D eigenvalue weighted by molar-refractivity contribution is 6.35. The molecule has 19 heavy (non-hydrogen) atoms. The van der Waals surface area contributed by atoms with E-state index < -0.39 is 0 Å². The predicted octanol–water partition coefficient (Wildman–Crippen LogP) is 4.58. The Bertz CT molecular complexity index is 179. The molecule has 0 saturated carbocycles. The number of rotatable bonds is 10. The largest absolute Gasteiger partial charge is 0.356 e. The van der Waals surface area contributed by atoms with Gasteiger partial charge in [-0.3, -0.25) is 4.79 Å². The van der Waals surface area contributed by atoms with Crippen molar-refractivity contribution >= 4 is 21.1 Å². The summed E-state index contributed by atoms with van der Waals surface area (Å²) in [6.07, 6.45) is 13.4. The molecule has 1 aliphatic rings. The van der Waals surface area contributed by atoms with E-state index in [0.717, 1.165) is 34.6 Å². The molecule has 0 aromatic carbocycles. The smallest absolute Gasteiger partial charge is 0.220 e. The van der Waals surface area contributed by atoms with E-state index in [1.165, 1.54) is 51.4 Å². The second kappa shape index (κ2) is 16.1. The standard InChI is InChI=1S/2C6H13.C4H7NO.Al/c2*1-3-5-6-4-2;6-4-2-1-3-5-4;/h2*1,3-6H2,2H3;1-3H2,(H,5,6);. The van der Waals surface area contributed by atoms with E-state index >= 15 is 0 Å². The van der Waals surface area contributed by atoms with Crippen LogP contribution in [0.25, 0.3) is 0 Å². The van der Waals surface area contributed by atoms with E-state index in [9.17, 15) is 4.79 Å². The molecule has 0 unspecified atom stereocenters. The second-order valence-corrected chi connectivity index (χ2v) is 7.17. The first-order valence-corrected chi connectivity index (χ1v) is 10.0. The molecule has 0 aliphatic carbocycles. The zero-order valence-corrected chi connectivity index (χ0v) is 14.3. The summed E-state index contributed by atoms with van der Waals surface area (Å²) < 4.78 is 0. The van der Waals surface area contributed by atoms with Crippen LogP contribution in [0, 0.1) is 0 Å². The molecule has 1 rings (SSSR count). The number of carbonyl (C=O) groups is 1. The molecule has 0 aromatic heterocycles. The van der Waals surface area contributed by atoms with Crippen LogP contribution in [0.5, 0.6) is 0 Å². The van der Waals surface area contributed by atoms with Gasteiger partial charge in [0.1, 0.15) is 0 Å². The number of amides is 1. The van der Waals surface area contributed by atoms with Gasteiger partial charge in [0.25, 0.3) is 0 Å². The molecule has 0 bridgehead atoms. The van der Waals surface area contributed by atoms with Crippen LogP contribution in [0.15, 0.2) is 0 Å². The fraction of sp³-hybridized carbons (Fsp3) is 0.938. The molecule has 1 amide bonds. The van der Waals surface area contributed by atoms with Gasteiger partial charge in [0.15, 0.2) is 15.2 Å². The zero-order valence-electron chi connectivity index (χ0n) is 13.2. The van der Waals surface area contributed by atoms with Gasteiger partial charge < -0.3 is 5.32 Å². The van der Waals surface area contributed by atoms with E-state index in [0.29, 0.717) is 0 Å². The Morgan fingerprint density at radius 2 is 1.53 bits per heavy atom. The molecule has 0 aromatic rings. The second-order valence-electron chi connectivity index (χ2n) is 5.44. The molecular formula is C16H33AlNO. The summed E-state index contributed by atoms with van der Waals surface area (Å²) in [6, 6.07) is 0. The molecule has 1 N–H and O–H groups in total. The van der Waals surface area contributed by atoms with Crippen molar-refractivity contribution in [3.8, 4) is 0 Å². The average molecular weight is 282 g/mol. The van der Waals surface area contributed by atoms with Crippen molar-refractivity contribution in [2.75, 3.05) is 6.54 Å².